The molecule has 2 amide bonds. The summed E-state index contributed by atoms with van der Waals surface area (Å²) in [7, 11) is 1.60. The highest BCUT2D eigenvalue weighted by atomic mass is 16.5. The number of anilines is 1. The lowest BCUT2D eigenvalue weighted by atomic mass is 9.86. The van der Waals surface area contributed by atoms with Gasteiger partial charge in [-0.2, -0.15) is 0 Å². The van der Waals surface area contributed by atoms with E-state index in [4.69, 9.17) is 4.74 Å². The number of hydrogen-bond donors (Lipinski definition) is 0. The Balaban J connectivity index is 1.49. The number of aryl methyl sites for hydroxylation is 1. The van der Waals surface area contributed by atoms with Crippen molar-refractivity contribution in [3.05, 3.63) is 59.7 Å². The second-order valence-corrected chi connectivity index (χ2v) is 7.70. The van der Waals surface area contributed by atoms with Gasteiger partial charge in [0.05, 0.1) is 7.11 Å². The fourth-order valence-electron chi connectivity index (χ4n) is 4.18. The maximum absolute atomic E-state index is 12.9. The molecule has 0 bridgehead atoms. The van der Waals surface area contributed by atoms with Crippen LogP contribution < -0.4 is 9.64 Å². The minimum Gasteiger partial charge on any atom is -0.497 e. The Morgan fingerprint density at radius 1 is 1.11 bits per heavy atom. The SMILES string of the molecule is COc1cccc(C(=O)N2CC[C@@]3(CC(=O)N(c4ccc(C)cc4)C3)C2)c1. The van der Waals surface area contributed by atoms with Gasteiger partial charge < -0.3 is 14.5 Å². The summed E-state index contributed by atoms with van der Waals surface area (Å²) in [5, 5.41) is 0. The quantitative estimate of drug-likeness (QED) is 0.840. The molecule has 5 nitrogen and oxygen atoms in total. The third-order valence-corrected chi connectivity index (χ3v) is 5.71. The van der Waals surface area contributed by atoms with Crippen molar-refractivity contribution in [2.24, 2.45) is 5.41 Å². The number of likely N-dealkylation sites (tertiary alicyclic amines) is 1. The van der Waals surface area contributed by atoms with Crippen LogP contribution in [0.25, 0.3) is 0 Å². The smallest absolute Gasteiger partial charge is 0.254 e. The van der Waals surface area contributed by atoms with Gasteiger partial charge in [0, 0.05) is 42.7 Å². The van der Waals surface area contributed by atoms with Crippen molar-refractivity contribution in [1.82, 2.24) is 4.90 Å². The summed E-state index contributed by atoms with van der Waals surface area (Å²) in [6.07, 6.45) is 1.36. The molecule has 5 heteroatoms. The molecule has 0 unspecified atom stereocenters. The molecule has 2 aromatic rings. The molecule has 2 aliphatic heterocycles. The lowest BCUT2D eigenvalue weighted by molar-refractivity contribution is -0.117. The zero-order chi connectivity index (χ0) is 19.0. The number of amides is 2. The molecule has 2 fully saturated rings. The highest BCUT2D eigenvalue weighted by Crippen LogP contribution is 2.42. The van der Waals surface area contributed by atoms with E-state index in [1.165, 1.54) is 5.56 Å². The van der Waals surface area contributed by atoms with E-state index in [0.29, 0.717) is 37.4 Å². The molecule has 1 atom stereocenters. The second kappa shape index (κ2) is 6.72. The monoisotopic (exact) mass is 364 g/mol. The van der Waals surface area contributed by atoms with Crippen molar-refractivity contribution in [3.63, 3.8) is 0 Å². The van der Waals surface area contributed by atoms with Crippen LogP contribution in [0, 0.1) is 12.3 Å². The molecular weight excluding hydrogens is 340 g/mol. The van der Waals surface area contributed by atoms with Gasteiger partial charge in [-0.05, 0) is 43.7 Å². The third-order valence-electron chi connectivity index (χ3n) is 5.71. The zero-order valence-corrected chi connectivity index (χ0v) is 15.8. The van der Waals surface area contributed by atoms with Crippen LogP contribution in [0.5, 0.6) is 5.75 Å². The van der Waals surface area contributed by atoms with Gasteiger partial charge in [-0.25, -0.2) is 0 Å². The van der Waals surface area contributed by atoms with Crippen LogP contribution in [-0.4, -0.2) is 43.5 Å². The van der Waals surface area contributed by atoms with E-state index in [9.17, 15) is 9.59 Å². The van der Waals surface area contributed by atoms with Crippen LogP contribution in [0.3, 0.4) is 0 Å². The Hall–Kier alpha value is -2.82. The van der Waals surface area contributed by atoms with Crippen molar-refractivity contribution in [2.75, 3.05) is 31.6 Å². The van der Waals surface area contributed by atoms with Gasteiger partial charge in [-0.1, -0.05) is 23.8 Å². The molecule has 2 aromatic carbocycles. The number of methoxy groups -OCH3 is 1. The number of nitrogens with zero attached hydrogens (tertiary/aromatic N) is 2. The van der Waals surface area contributed by atoms with E-state index in [0.717, 1.165) is 12.1 Å². The van der Waals surface area contributed by atoms with Crippen molar-refractivity contribution in [3.8, 4) is 5.75 Å². The predicted molar refractivity (Wildman–Crippen MR) is 104 cm³/mol. The Kier molecular flexibility index (Phi) is 4.38. The first kappa shape index (κ1) is 17.6. The standard InChI is InChI=1S/C22H24N2O3/c1-16-6-8-18(9-7-16)24-15-22(13-20(24)25)10-11-23(14-22)21(26)17-4-3-5-19(12-17)27-2/h3-9,12H,10-11,13-15H2,1-2H3/t22-/m1/s1. The Morgan fingerprint density at radius 3 is 2.63 bits per heavy atom. The van der Waals surface area contributed by atoms with E-state index < -0.39 is 0 Å². The number of hydrogen-bond acceptors (Lipinski definition) is 3. The van der Waals surface area contributed by atoms with Crippen molar-refractivity contribution < 1.29 is 14.3 Å². The second-order valence-electron chi connectivity index (χ2n) is 7.70. The molecule has 140 valence electrons. The molecule has 4 rings (SSSR count). The first-order valence-corrected chi connectivity index (χ1v) is 9.30. The molecule has 0 aliphatic carbocycles. The van der Waals surface area contributed by atoms with Gasteiger partial charge in [0.2, 0.25) is 5.91 Å². The minimum absolute atomic E-state index is 0.00649. The molecule has 1 spiro atoms. The fourth-order valence-corrected chi connectivity index (χ4v) is 4.18. The van der Waals surface area contributed by atoms with E-state index in [1.54, 1.807) is 13.2 Å². The summed E-state index contributed by atoms with van der Waals surface area (Å²) < 4.78 is 5.22. The van der Waals surface area contributed by atoms with E-state index in [-0.39, 0.29) is 17.2 Å². The molecule has 2 saturated heterocycles. The zero-order valence-electron chi connectivity index (χ0n) is 15.8. The van der Waals surface area contributed by atoms with Crippen LogP contribution in [0.1, 0.15) is 28.8 Å². The number of carbonyl (C=O) groups excluding carboxylic acids is 2. The number of benzene rings is 2. The first-order chi connectivity index (χ1) is 13.0. The topological polar surface area (TPSA) is 49.9 Å². The van der Waals surface area contributed by atoms with Gasteiger partial charge in [0.1, 0.15) is 5.75 Å². The van der Waals surface area contributed by atoms with E-state index >= 15 is 0 Å². The van der Waals surface area contributed by atoms with Crippen molar-refractivity contribution in [1.29, 1.82) is 0 Å². The Bertz CT molecular complexity index is 877. The molecule has 0 N–H and O–H groups in total. The third kappa shape index (κ3) is 3.29. The molecular formula is C22H24N2O3. The number of ether oxygens (including phenoxy) is 1. The summed E-state index contributed by atoms with van der Waals surface area (Å²) in [5.74, 6) is 0.831. The number of rotatable bonds is 3. The molecule has 2 aliphatic rings. The van der Waals surface area contributed by atoms with Gasteiger partial charge in [-0.15, -0.1) is 0 Å². The van der Waals surface area contributed by atoms with Gasteiger partial charge in [-0.3, -0.25) is 9.59 Å². The van der Waals surface area contributed by atoms with Crippen molar-refractivity contribution >= 4 is 17.5 Å². The number of carbonyl (C=O) groups is 2. The minimum atomic E-state index is -0.142. The van der Waals surface area contributed by atoms with Gasteiger partial charge in [0.25, 0.3) is 5.91 Å². The average Bonchev–Trinajstić information content (AvgIpc) is 3.24. The average molecular weight is 364 g/mol. The van der Waals surface area contributed by atoms with Crippen LogP contribution in [0.2, 0.25) is 0 Å². The van der Waals surface area contributed by atoms with Crippen molar-refractivity contribution in [2.45, 2.75) is 19.8 Å². The van der Waals surface area contributed by atoms with Crippen LogP contribution in [0.4, 0.5) is 5.69 Å². The van der Waals surface area contributed by atoms with Crippen LogP contribution in [-0.2, 0) is 4.79 Å². The van der Waals surface area contributed by atoms with Crippen LogP contribution >= 0.6 is 0 Å². The lowest BCUT2D eigenvalue weighted by Gasteiger charge is -2.24. The molecule has 0 aromatic heterocycles. The summed E-state index contributed by atoms with van der Waals surface area (Å²) in [6.45, 7) is 4.02. The van der Waals surface area contributed by atoms with Gasteiger partial charge >= 0.3 is 0 Å². The normalized spacial score (nSPS) is 21.9. The maximum Gasteiger partial charge on any atom is 0.254 e. The lowest BCUT2D eigenvalue weighted by Crippen LogP contribution is -2.34. The summed E-state index contributed by atoms with van der Waals surface area (Å²) >= 11 is 0. The maximum atomic E-state index is 12.9. The molecule has 2 heterocycles. The Labute approximate surface area is 159 Å². The molecule has 27 heavy (non-hydrogen) atoms. The summed E-state index contributed by atoms with van der Waals surface area (Å²) in [5.41, 5.74) is 2.61. The van der Waals surface area contributed by atoms with Gasteiger partial charge in [0.15, 0.2) is 0 Å². The highest BCUT2D eigenvalue weighted by Gasteiger charge is 2.48. The highest BCUT2D eigenvalue weighted by molar-refractivity contribution is 5.97. The molecule has 0 saturated carbocycles. The largest absolute Gasteiger partial charge is 0.497 e. The van der Waals surface area contributed by atoms with Crippen LogP contribution in [0.15, 0.2) is 48.5 Å². The summed E-state index contributed by atoms with van der Waals surface area (Å²) in [4.78, 5) is 29.3. The summed E-state index contributed by atoms with van der Waals surface area (Å²) in [6, 6.07) is 15.3. The van der Waals surface area contributed by atoms with E-state index in [1.807, 2.05) is 59.2 Å². The first-order valence-electron chi connectivity index (χ1n) is 9.30. The fraction of sp³-hybridized carbons (Fsp3) is 0.364. The molecule has 0 radical (unpaired) electrons. The Morgan fingerprint density at radius 2 is 1.89 bits per heavy atom. The van der Waals surface area contributed by atoms with E-state index in [2.05, 4.69) is 0 Å². The predicted octanol–water partition coefficient (Wildman–Crippen LogP) is 3.27.